The Labute approximate surface area is 173 Å². The maximum atomic E-state index is 13.0. The molecular formula is C21H24ClNO6. The van der Waals surface area contributed by atoms with Crippen molar-refractivity contribution in [2.45, 2.75) is 39.2 Å². The van der Waals surface area contributed by atoms with Gasteiger partial charge in [-0.3, -0.25) is 9.59 Å². The molecule has 0 fully saturated rings. The highest BCUT2D eigenvalue weighted by Gasteiger charge is 2.43. The summed E-state index contributed by atoms with van der Waals surface area (Å²) in [6.07, 6.45) is -0.172. The van der Waals surface area contributed by atoms with Gasteiger partial charge < -0.3 is 14.2 Å². The number of halogens is 1. The van der Waals surface area contributed by atoms with Gasteiger partial charge in [-0.25, -0.2) is 9.36 Å². The molecule has 1 aromatic heterocycles. The van der Waals surface area contributed by atoms with Gasteiger partial charge in [0.15, 0.2) is 0 Å². The van der Waals surface area contributed by atoms with E-state index in [2.05, 4.69) is 0 Å². The smallest absolute Gasteiger partial charge is 0.419 e. The first-order valence-electron chi connectivity index (χ1n) is 9.28. The molecular weight excluding hydrogens is 398 g/mol. The first-order valence-corrected chi connectivity index (χ1v) is 9.66. The molecule has 3 rings (SSSR count). The SMILES string of the molecule is COC(=O)[C@@H]1Cc2c(n(C(=O)OC(C)(C)C)c3cc(Cl)ccc23)C[C@H]1C(=O)OC. The van der Waals surface area contributed by atoms with Gasteiger partial charge in [0.05, 0.1) is 31.6 Å². The van der Waals surface area contributed by atoms with Crippen LogP contribution in [0.15, 0.2) is 18.2 Å². The van der Waals surface area contributed by atoms with E-state index in [0.717, 1.165) is 10.9 Å². The van der Waals surface area contributed by atoms with Crippen molar-refractivity contribution < 1.29 is 28.6 Å². The van der Waals surface area contributed by atoms with E-state index in [9.17, 15) is 14.4 Å². The average molecular weight is 422 g/mol. The highest BCUT2D eigenvalue weighted by molar-refractivity contribution is 6.31. The number of fused-ring (bicyclic) bond motifs is 3. The molecule has 0 saturated carbocycles. The van der Waals surface area contributed by atoms with E-state index < -0.39 is 35.5 Å². The van der Waals surface area contributed by atoms with Crippen LogP contribution >= 0.6 is 11.6 Å². The topological polar surface area (TPSA) is 83.8 Å². The molecule has 1 aliphatic rings. The van der Waals surface area contributed by atoms with Gasteiger partial charge in [-0.15, -0.1) is 0 Å². The molecule has 0 saturated heterocycles. The number of carbonyl (C=O) groups excluding carboxylic acids is 3. The molecule has 2 atom stereocenters. The van der Waals surface area contributed by atoms with Crippen molar-refractivity contribution in [2.75, 3.05) is 14.2 Å². The van der Waals surface area contributed by atoms with Crippen LogP contribution < -0.4 is 0 Å². The second-order valence-corrected chi connectivity index (χ2v) is 8.51. The monoisotopic (exact) mass is 421 g/mol. The fourth-order valence-corrected chi connectivity index (χ4v) is 4.02. The number of methoxy groups -OCH3 is 2. The lowest BCUT2D eigenvalue weighted by Gasteiger charge is -2.29. The van der Waals surface area contributed by atoms with Crippen LogP contribution in [0, 0.1) is 11.8 Å². The van der Waals surface area contributed by atoms with E-state index in [4.69, 9.17) is 25.8 Å². The standard InChI is InChI=1S/C21H24ClNO6/c1-21(2,3)29-20(26)23-16-8-11(22)6-7-12(16)13-9-14(18(24)27-4)15(10-17(13)23)19(25)28-5/h6-8,14-15H,9-10H2,1-5H3/t14-,15-/m1/s1. The number of nitrogens with zero attached hydrogens (tertiary/aromatic N) is 1. The van der Waals surface area contributed by atoms with Crippen LogP contribution in [0.1, 0.15) is 32.0 Å². The molecule has 1 aliphatic carbocycles. The van der Waals surface area contributed by atoms with Crippen LogP contribution in [0.3, 0.4) is 0 Å². The van der Waals surface area contributed by atoms with Crippen LogP contribution in [-0.4, -0.2) is 42.4 Å². The second-order valence-electron chi connectivity index (χ2n) is 8.07. The van der Waals surface area contributed by atoms with Crippen molar-refractivity contribution >= 4 is 40.5 Å². The molecule has 0 amide bonds. The van der Waals surface area contributed by atoms with Crippen molar-refractivity contribution in [3.63, 3.8) is 0 Å². The number of ether oxygens (including phenoxy) is 3. The summed E-state index contributed by atoms with van der Waals surface area (Å²) in [6, 6.07) is 5.22. The Kier molecular flexibility index (Phi) is 5.63. The largest absolute Gasteiger partial charge is 0.469 e. The van der Waals surface area contributed by atoms with Crippen molar-refractivity contribution in [3.8, 4) is 0 Å². The normalized spacial score (nSPS) is 18.8. The van der Waals surface area contributed by atoms with Crippen LogP contribution in [0.25, 0.3) is 10.9 Å². The third-order valence-electron chi connectivity index (χ3n) is 5.05. The average Bonchev–Trinajstić information content (AvgIpc) is 2.96. The predicted octanol–water partition coefficient (Wildman–Crippen LogP) is 3.75. The number of esters is 2. The third kappa shape index (κ3) is 3.96. The minimum atomic E-state index is -0.763. The molecule has 1 aromatic carbocycles. The van der Waals surface area contributed by atoms with Gasteiger partial charge in [0, 0.05) is 22.5 Å². The lowest BCUT2D eigenvalue weighted by Crippen LogP contribution is -2.39. The first kappa shape index (κ1) is 21.2. The molecule has 0 N–H and O–H groups in total. The fourth-order valence-electron chi connectivity index (χ4n) is 3.85. The van der Waals surface area contributed by atoms with Gasteiger partial charge in [0.2, 0.25) is 0 Å². The summed E-state index contributed by atoms with van der Waals surface area (Å²) >= 11 is 6.18. The highest BCUT2D eigenvalue weighted by Crippen LogP contribution is 2.39. The zero-order chi connectivity index (χ0) is 21.5. The Morgan fingerprint density at radius 3 is 2.17 bits per heavy atom. The lowest BCUT2D eigenvalue weighted by atomic mass is 9.77. The van der Waals surface area contributed by atoms with Gasteiger partial charge in [0.1, 0.15) is 5.60 Å². The van der Waals surface area contributed by atoms with E-state index in [0.29, 0.717) is 16.2 Å². The molecule has 0 bridgehead atoms. The first-order chi connectivity index (χ1) is 13.6. The summed E-state index contributed by atoms with van der Waals surface area (Å²) in [5.41, 5.74) is 1.29. The van der Waals surface area contributed by atoms with Gasteiger partial charge in [-0.1, -0.05) is 17.7 Å². The molecule has 0 aliphatic heterocycles. The van der Waals surface area contributed by atoms with Crippen LogP contribution in [-0.2, 0) is 36.6 Å². The quantitative estimate of drug-likeness (QED) is 0.542. The van der Waals surface area contributed by atoms with E-state index in [-0.39, 0.29) is 12.8 Å². The number of hydrogen-bond donors (Lipinski definition) is 0. The minimum Gasteiger partial charge on any atom is -0.469 e. The summed E-state index contributed by atoms with van der Waals surface area (Å²) in [4.78, 5) is 37.8. The number of aromatic nitrogens is 1. The van der Waals surface area contributed by atoms with E-state index in [1.807, 2.05) is 6.07 Å². The maximum absolute atomic E-state index is 13.0. The Morgan fingerprint density at radius 1 is 1.03 bits per heavy atom. The van der Waals surface area contributed by atoms with Gasteiger partial charge >= 0.3 is 18.0 Å². The summed E-state index contributed by atoms with van der Waals surface area (Å²) in [7, 11) is 2.56. The van der Waals surface area contributed by atoms with Crippen LogP contribution in [0.2, 0.25) is 5.02 Å². The Morgan fingerprint density at radius 2 is 1.62 bits per heavy atom. The Balaban J connectivity index is 2.22. The summed E-state index contributed by atoms with van der Waals surface area (Å²) < 4.78 is 16.9. The zero-order valence-electron chi connectivity index (χ0n) is 17.1. The molecule has 156 valence electrons. The van der Waals surface area contributed by atoms with E-state index >= 15 is 0 Å². The van der Waals surface area contributed by atoms with Crippen LogP contribution in [0.4, 0.5) is 4.79 Å². The number of benzene rings is 1. The van der Waals surface area contributed by atoms with E-state index in [1.165, 1.54) is 18.8 Å². The minimum absolute atomic E-state index is 0.146. The summed E-state index contributed by atoms with van der Waals surface area (Å²) in [5.74, 6) is -2.47. The Hall–Kier alpha value is -2.54. The van der Waals surface area contributed by atoms with Gasteiger partial charge in [-0.05, 0) is 44.9 Å². The summed E-state index contributed by atoms with van der Waals surface area (Å²) in [5, 5.41) is 1.25. The maximum Gasteiger partial charge on any atom is 0.419 e. The Bertz CT molecular complexity index is 987. The van der Waals surface area contributed by atoms with Gasteiger partial charge in [0.25, 0.3) is 0 Å². The molecule has 29 heavy (non-hydrogen) atoms. The van der Waals surface area contributed by atoms with E-state index in [1.54, 1.807) is 32.9 Å². The molecule has 1 heterocycles. The van der Waals surface area contributed by atoms with Crippen molar-refractivity contribution in [3.05, 3.63) is 34.5 Å². The van der Waals surface area contributed by atoms with Crippen molar-refractivity contribution in [1.82, 2.24) is 4.57 Å². The highest BCUT2D eigenvalue weighted by atomic mass is 35.5. The number of hydrogen-bond acceptors (Lipinski definition) is 6. The second kappa shape index (κ2) is 7.71. The lowest BCUT2D eigenvalue weighted by molar-refractivity contribution is -0.158. The van der Waals surface area contributed by atoms with Crippen molar-refractivity contribution in [1.29, 1.82) is 0 Å². The molecule has 0 radical (unpaired) electrons. The molecule has 0 unspecified atom stereocenters. The molecule has 2 aromatic rings. The third-order valence-corrected chi connectivity index (χ3v) is 5.29. The number of rotatable bonds is 2. The fraction of sp³-hybridized carbons (Fsp3) is 0.476. The predicted molar refractivity (Wildman–Crippen MR) is 107 cm³/mol. The summed E-state index contributed by atoms with van der Waals surface area (Å²) in [6.45, 7) is 5.33. The van der Waals surface area contributed by atoms with Crippen molar-refractivity contribution in [2.24, 2.45) is 11.8 Å². The van der Waals surface area contributed by atoms with Crippen LogP contribution in [0.5, 0.6) is 0 Å². The molecule has 8 heteroatoms. The van der Waals surface area contributed by atoms with Gasteiger partial charge in [-0.2, -0.15) is 0 Å². The number of carbonyl (C=O) groups is 3. The zero-order valence-corrected chi connectivity index (χ0v) is 17.8. The molecule has 7 nitrogen and oxygen atoms in total. The molecule has 0 spiro atoms.